The summed E-state index contributed by atoms with van der Waals surface area (Å²) in [4.78, 5) is 25.4. The molecule has 0 saturated heterocycles. The summed E-state index contributed by atoms with van der Waals surface area (Å²) >= 11 is 0. The molecular weight excluding hydrogens is 924 g/mol. The molecular formula is C64H107N2O6P. The van der Waals surface area contributed by atoms with Crippen molar-refractivity contribution in [3.05, 3.63) is 146 Å². The van der Waals surface area contributed by atoms with Crippen LogP contribution in [-0.2, 0) is 18.4 Å². The number of hydrogen-bond donors (Lipinski definition) is 2. The van der Waals surface area contributed by atoms with Gasteiger partial charge < -0.3 is 28.8 Å². The topological polar surface area (TPSA) is 108 Å². The highest BCUT2D eigenvalue weighted by atomic mass is 31.2. The Morgan fingerprint density at radius 2 is 0.836 bits per heavy atom. The molecule has 0 saturated carbocycles. The first-order valence-corrected chi connectivity index (χ1v) is 30.2. The lowest BCUT2D eigenvalue weighted by atomic mass is 10.1. The number of amides is 1. The molecule has 9 heteroatoms. The number of hydrogen-bond acceptors (Lipinski definition) is 6. The van der Waals surface area contributed by atoms with Crippen molar-refractivity contribution < 1.29 is 32.9 Å². The fourth-order valence-corrected chi connectivity index (χ4v) is 8.06. The van der Waals surface area contributed by atoms with E-state index in [-0.39, 0.29) is 12.5 Å². The molecule has 0 aliphatic heterocycles. The standard InChI is InChI=1S/C64H107N2O6P/c1-6-8-10-12-14-16-18-20-21-22-23-24-25-26-27-28-29-30-31-32-33-34-35-36-37-38-39-40-41-42-43-44-45-46-48-50-52-54-56-58-64(68)65-62(61-72-73(69,70)71-60-59-66(3,4)5)63(67)57-55-53-51-49-47-19-17-15-13-11-9-7-2/h8,10,14,16,20-21,23-24,26-27,29-30,32-33,35-36,38-39,41-42,44-45,55,57,62-63,67H,6-7,9,11-13,15,17-19,22,25,28,31,34,37,40,43,46-54,56,58-61H2,1-5H3,(H-,65,68,69,70)/b10-8-,16-14-,21-20-,24-23-,27-26-,30-29-,33-32-,36-35-,39-38-,42-41-,45-44-,57-55+. The number of likely N-dealkylation sites (N-methyl/N-ethyl adjacent to an activating group) is 1. The number of unbranched alkanes of at least 4 members (excludes halogenated alkanes) is 15. The zero-order valence-electron chi connectivity index (χ0n) is 47.0. The number of nitrogens with zero attached hydrogens (tertiary/aromatic N) is 1. The van der Waals surface area contributed by atoms with Gasteiger partial charge in [-0.2, -0.15) is 0 Å². The second kappa shape index (κ2) is 53.2. The van der Waals surface area contributed by atoms with Crippen LogP contribution in [0.1, 0.15) is 200 Å². The Morgan fingerprint density at radius 3 is 1.22 bits per heavy atom. The number of quaternary nitrogens is 1. The van der Waals surface area contributed by atoms with Gasteiger partial charge in [-0.15, -0.1) is 0 Å². The molecule has 3 atom stereocenters. The summed E-state index contributed by atoms with van der Waals surface area (Å²) < 4.78 is 23.2. The van der Waals surface area contributed by atoms with E-state index in [9.17, 15) is 19.4 Å². The maximum Gasteiger partial charge on any atom is 0.268 e. The molecule has 0 aromatic carbocycles. The van der Waals surface area contributed by atoms with Crippen molar-refractivity contribution in [1.82, 2.24) is 5.32 Å². The SMILES string of the molecule is CC/C=C\C/C=C\C/C=C\C/C=C\C/C=C\C/C=C\C/C=C\C/C=C\C/C=C\C/C=C\C/C=C\CCCCCCCC(=O)NC(COP(=O)([O-])OCC[N+](C)(C)C)C(O)/C=C/CCCCCCCCCCCC. The Kier molecular flexibility index (Phi) is 50.6. The van der Waals surface area contributed by atoms with Crippen LogP contribution in [0.25, 0.3) is 0 Å². The lowest BCUT2D eigenvalue weighted by Crippen LogP contribution is -2.45. The van der Waals surface area contributed by atoms with Crippen molar-refractivity contribution in [3.8, 4) is 0 Å². The van der Waals surface area contributed by atoms with E-state index in [0.717, 1.165) is 128 Å². The van der Waals surface area contributed by atoms with Gasteiger partial charge in [-0.1, -0.05) is 237 Å². The zero-order valence-corrected chi connectivity index (χ0v) is 47.9. The first kappa shape index (κ1) is 69.4. The van der Waals surface area contributed by atoms with E-state index < -0.39 is 26.6 Å². The molecule has 73 heavy (non-hydrogen) atoms. The van der Waals surface area contributed by atoms with Gasteiger partial charge in [0.1, 0.15) is 13.2 Å². The van der Waals surface area contributed by atoms with Crippen molar-refractivity contribution in [2.75, 3.05) is 40.9 Å². The molecule has 0 rings (SSSR count). The number of aliphatic hydroxyl groups excluding tert-OH is 1. The highest BCUT2D eigenvalue weighted by Gasteiger charge is 2.23. The molecule has 8 nitrogen and oxygen atoms in total. The molecule has 0 heterocycles. The molecule has 414 valence electrons. The quantitative estimate of drug-likeness (QED) is 0.0272. The predicted octanol–water partition coefficient (Wildman–Crippen LogP) is 17.1. The summed E-state index contributed by atoms with van der Waals surface area (Å²) in [6.07, 6.45) is 82.1. The van der Waals surface area contributed by atoms with Crippen LogP contribution in [-0.4, -0.2) is 68.5 Å². The van der Waals surface area contributed by atoms with Gasteiger partial charge >= 0.3 is 0 Å². The van der Waals surface area contributed by atoms with E-state index in [1.54, 1.807) is 6.08 Å². The van der Waals surface area contributed by atoms with Crippen LogP contribution < -0.4 is 10.2 Å². The Balaban J connectivity index is 4.19. The van der Waals surface area contributed by atoms with E-state index in [1.165, 1.54) is 51.4 Å². The van der Waals surface area contributed by atoms with Crippen LogP contribution in [0.5, 0.6) is 0 Å². The molecule has 0 aliphatic carbocycles. The van der Waals surface area contributed by atoms with Crippen LogP contribution in [0, 0.1) is 0 Å². The second-order valence-corrected chi connectivity index (χ2v) is 21.3. The van der Waals surface area contributed by atoms with Crippen LogP contribution in [0.15, 0.2) is 146 Å². The van der Waals surface area contributed by atoms with Gasteiger partial charge in [0.05, 0.1) is 39.9 Å². The second-order valence-electron chi connectivity index (χ2n) is 19.9. The fourth-order valence-electron chi connectivity index (χ4n) is 7.33. The van der Waals surface area contributed by atoms with Gasteiger partial charge in [-0.3, -0.25) is 9.36 Å². The third-order valence-corrected chi connectivity index (χ3v) is 12.8. The first-order chi connectivity index (χ1) is 35.5. The van der Waals surface area contributed by atoms with Gasteiger partial charge in [-0.25, -0.2) is 0 Å². The minimum atomic E-state index is -4.61. The monoisotopic (exact) mass is 1030 g/mol. The van der Waals surface area contributed by atoms with E-state index in [2.05, 4.69) is 153 Å². The summed E-state index contributed by atoms with van der Waals surface area (Å²) in [5.74, 6) is -0.224. The van der Waals surface area contributed by atoms with E-state index >= 15 is 0 Å². The molecule has 3 unspecified atom stereocenters. The number of carbonyl (C=O) groups excluding carboxylic acids is 1. The number of allylic oxidation sites excluding steroid dienone is 23. The number of phosphoric ester groups is 1. The number of phosphoric acid groups is 1. The molecule has 0 fully saturated rings. The number of rotatable bonds is 50. The number of nitrogens with one attached hydrogen (secondary N) is 1. The molecule has 0 aromatic rings. The van der Waals surface area contributed by atoms with Crippen LogP contribution >= 0.6 is 7.82 Å². The summed E-state index contributed by atoms with van der Waals surface area (Å²) in [5.41, 5.74) is 0. The maximum absolute atomic E-state index is 12.9. The van der Waals surface area contributed by atoms with Gasteiger partial charge in [0.25, 0.3) is 7.82 Å². The normalized spacial score (nSPS) is 15.0. The first-order valence-electron chi connectivity index (χ1n) is 28.7. The Labute approximate surface area is 449 Å². The molecule has 0 aliphatic rings. The summed E-state index contributed by atoms with van der Waals surface area (Å²) in [7, 11) is 1.22. The molecule has 0 radical (unpaired) electrons. The van der Waals surface area contributed by atoms with Crippen LogP contribution in [0.4, 0.5) is 0 Å². The predicted molar refractivity (Wildman–Crippen MR) is 315 cm³/mol. The summed E-state index contributed by atoms with van der Waals surface area (Å²) in [6, 6.07) is -0.907. The average Bonchev–Trinajstić information content (AvgIpc) is 3.35. The molecule has 0 bridgehead atoms. The van der Waals surface area contributed by atoms with Crippen LogP contribution in [0.3, 0.4) is 0 Å². The Morgan fingerprint density at radius 1 is 0.493 bits per heavy atom. The van der Waals surface area contributed by atoms with Crippen molar-refractivity contribution in [3.63, 3.8) is 0 Å². The van der Waals surface area contributed by atoms with Gasteiger partial charge in [0.15, 0.2) is 0 Å². The Bertz CT molecular complexity index is 1690. The van der Waals surface area contributed by atoms with Crippen molar-refractivity contribution >= 4 is 13.7 Å². The molecule has 1 amide bonds. The van der Waals surface area contributed by atoms with Crippen molar-refractivity contribution in [2.24, 2.45) is 0 Å². The van der Waals surface area contributed by atoms with E-state index in [0.29, 0.717) is 17.4 Å². The summed E-state index contributed by atoms with van der Waals surface area (Å²) in [6.45, 7) is 4.48. The molecule has 0 aromatic heterocycles. The molecule has 0 spiro atoms. The summed E-state index contributed by atoms with van der Waals surface area (Å²) in [5, 5.41) is 13.8. The fraction of sp³-hybridized carbons (Fsp3) is 0.609. The largest absolute Gasteiger partial charge is 0.756 e. The van der Waals surface area contributed by atoms with Gasteiger partial charge in [0.2, 0.25) is 5.91 Å². The van der Waals surface area contributed by atoms with Crippen molar-refractivity contribution in [2.45, 2.75) is 212 Å². The lowest BCUT2D eigenvalue weighted by Gasteiger charge is -2.29. The number of carbonyl (C=O) groups is 1. The molecule has 2 N–H and O–H groups in total. The third-order valence-electron chi connectivity index (χ3n) is 11.8. The zero-order chi connectivity index (χ0) is 53.5. The smallest absolute Gasteiger partial charge is 0.268 e. The van der Waals surface area contributed by atoms with Crippen LogP contribution in [0.2, 0.25) is 0 Å². The minimum Gasteiger partial charge on any atom is -0.756 e. The van der Waals surface area contributed by atoms with Gasteiger partial charge in [-0.05, 0) is 103 Å². The number of aliphatic hydroxyl groups is 1. The van der Waals surface area contributed by atoms with E-state index in [1.807, 2.05) is 27.2 Å². The average molecular weight is 1030 g/mol. The third kappa shape index (κ3) is 56.0. The minimum absolute atomic E-state index is 0.0128. The highest BCUT2D eigenvalue weighted by molar-refractivity contribution is 7.45. The Hall–Kier alpha value is -3.62. The van der Waals surface area contributed by atoms with Crippen molar-refractivity contribution in [1.29, 1.82) is 0 Å². The van der Waals surface area contributed by atoms with E-state index in [4.69, 9.17) is 9.05 Å². The van der Waals surface area contributed by atoms with Gasteiger partial charge in [0, 0.05) is 6.42 Å². The highest BCUT2D eigenvalue weighted by Crippen LogP contribution is 2.38. The maximum atomic E-state index is 12.9. The lowest BCUT2D eigenvalue weighted by molar-refractivity contribution is -0.870.